The zero-order valence-electron chi connectivity index (χ0n) is 11.9. The molecular formula is C14H24N2O2. The third kappa shape index (κ3) is 3.88. The summed E-state index contributed by atoms with van der Waals surface area (Å²) in [4.78, 5) is 11.9. The number of furan rings is 1. The minimum Gasteiger partial charge on any atom is -0.466 e. The molecule has 2 atom stereocenters. The first-order chi connectivity index (χ1) is 8.31. The topological polar surface area (TPSA) is 68.3 Å². The van der Waals surface area contributed by atoms with E-state index < -0.39 is 6.04 Å². The van der Waals surface area contributed by atoms with Gasteiger partial charge >= 0.3 is 0 Å². The Morgan fingerprint density at radius 2 is 2.00 bits per heavy atom. The van der Waals surface area contributed by atoms with Crippen LogP contribution in [0.25, 0.3) is 0 Å². The van der Waals surface area contributed by atoms with E-state index in [2.05, 4.69) is 19.2 Å². The molecule has 4 nitrogen and oxygen atoms in total. The Morgan fingerprint density at radius 3 is 2.44 bits per heavy atom. The van der Waals surface area contributed by atoms with Crippen molar-refractivity contribution in [3.05, 3.63) is 23.2 Å². The van der Waals surface area contributed by atoms with Crippen molar-refractivity contribution in [1.29, 1.82) is 0 Å². The lowest BCUT2D eigenvalue weighted by Crippen LogP contribution is -2.42. The van der Waals surface area contributed by atoms with E-state index in [1.165, 1.54) is 0 Å². The van der Waals surface area contributed by atoms with Crippen LogP contribution in [-0.2, 0) is 4.79 Å². The van der Waals surface area contributed by atoms with E-state index in [4.69, 9.17) is 10.2 Å². The van der Waals surface area contributed by atoms with Crippen LogP contribution in [0.1, 0.15) is 50.3 Å². The fourth-order valence-corrected chi connectivity index (χ4v) is 2.09. The average molecular weight is 252 g/mol. The van der Waals surface area contributed by atoms with Gasteiger partial charge in [-0.05, 0) is 39.2 Å². The predicted octanol–water partition coefficient (Wildman–Crippen LogP) is 2.45. The second-order valence-corrected chi connectivity index (χ2v) is 5.33. The molecule has 0 aliphatic heterocycles. The Bertz CT molecular complexity index is 410. The quantitative estimate of drug-likeness (QED) is 0.845. The SMILES string of the molecule is Cc1cc(C(C)NC(=O)[C@H](N)CC(C)C)c(C)o1. The van der Waals surface area contributed by atoms with E-state index in [0.29, 0.717) is 12.3 Å². The predicted molar refractivity (Wildman–Crippen MR) is 72.2 cm³/mol. The van der Waals surface area contributed by atoms with Crippen molar-refractivity contribution in [3.8, 4) is 0 Å². The van der Waals surface area contributed by atoms with Crippen LogP contribution in [0.2, 0.25) is 0 Å². The van der Waals surface area contributed by atoms with Crippen LogP contribution < -0.4 is 11.1 Å². The van der Waals surface area contributed by atoms with E-state index in [0.717, 1.165) is 17.1 Å². The van der Waals surface area contributed by atoms with Gasteiger partial charge < -0.3 is 15.5 Å². The largest absolute Gasteiger partial charge is 0.466 e. The van der Waals surface area contributed by atoms with Crippen LogP contribution in [0.15, 0.2) is 10.5 Å². The van der Waals surface area contributed by atoms with Crippen LogP contribution in [0.4, 0.5) is 0 Å². The van der Waals surface area contributed by atoms with Gasteiger partial charge in [-0.25, -0.2) is 0 Å². The molecule has 1 aromatic rings. The molecular weight excluding hydrogens is 228 g/mol. The van der Waals surface area contributed by atoms with E-state index >= 15 is 0 Å². The van der Waals surface area contributed by atoms with Gasteiger partial charge in [-0.15, -0.1) is 0 Å². The number of nitrogens with two attached hydrogens (primary N) is 1. The summed E-state index contributed by atoms with van der Waals surface area (Å²) >= 11 is 0. The molecule has 0 bridgehead atoms. The van der Waals surface area contributed by atoms with Crippen LogP contribution in [0.3, 0.4) is 0 Å². The average Bonchev–Trinajstić information content (AvgIpc) is 2.56. The molecule has 1 heterocycles. The number of carbonyl (C=O) groups excluding carboxylic acids is 1. The summed E-state index contributed by atoms with van der Waals surface area (Å²) in [6, 6.07) is 1.43. The molecule has 102 valence electrons. The van der Waals surface area contributed by atoms with E-state index in [9.17, 15) is 4.79 Å². The van der Waals surface area contributed by atoms with Crippen LogP contribution in [-0.4, -0.2) is 11.9 Å². The molecule has 4 heteroatoms. The second kappa shape index (κ2) is 6.05. The summed E-state index contributed by atoms with van der Waals surface area (Å²) in [6.07, 6.45) is 0.696. The van der Waals surface area contributed by atoms with Gasteiger partial charge in [0.15, 0.2) is 0 Å². The first-order valence-corrected chi connectivity index (χ1v) is 6.44. The van der Waals surface area contributed by atoms with Crippen LogP contribution in [0, 0.1) is 19.8 Å². The Hall–Kier alpha value is -1.29. The fraction of sp³-hybridized carbons (Fsp3) is 0.643. The lowest BCUT2D eigenvalue weighted by atomic mass is 10.0. The van der Waals surface area contributed by atoms with E-state index in [-0.39, 0.29) is 11.9 Å². The normalized spacial score (nSPS) is 14.6. The van der Waals surface area contributed by atoms with Gasteiger partial charge in [0.25, 0.3) is 0 Å². The molecule has 0 radical (unpaired) electrons. The standard InChI is InChI=1S/C14H24N2O2/c1-8(2)6-13(15)14(17)16-10(4)12-7-9(3)18-11(12)5/h7-8,10,13H,6,15H2,1-5H3,(H,16,17)/t10?,13-/m1/s1. The summed E-state index contributed by atoms with van der Waals surface area (Å²) < 4.78 is 5.46. The zero-order chi connectivity index (χ0) is 13.9. The highest BCUT2D eigenvalue weighted by Crippen LogP contribution is 2.21. The Labute approximate surface area is 109 Å². The minimum absolute atomic E-state index is 0.0758. The molecule has 0 aliphatic rings. The number of carbonyl (C=O) groups is 1. The maximum atomic E-state index is 11.9. The summed E-state index contributed by atoms with van der Waals surface area (Å²) in [5.41, 5.74) is 6.86. The molecule has 1 amide bonds. The minimum atomic E-state index is -0.444. The molecule has 3 N–H and O–H groups in total. The lowest BCUT2D eigenvalue weighted by molar-refractivity contribution is -0.123. The molecule has 0 aliphatic carbocycles. The summed E-state index contributed by atoms with van der Waals surface area (Å²) in [5.74, 6) is 2.02. The molecule has 1 rings (SSSR count). The summed E-state index contributed by atoms with van der Waals surface area (Å²) in [7, 11) is 0. The second-order valence-electron chi connectivity index (χ2n) is 5.33. The molecule has 0 fully saturated rings. The van der Waals surface area contributed by atoms with Crippen molar-refractivity contribution >= 4 is 5.91 Å². The number of amides is 1. The Balaban J connectivity index is 2.62. The molecule has 0 saturated heterocycles. The number of hydrogen-bond donors (Lipinski definition) is 2. The van der Waals surface area contributed by atoms with Gasteiger partial charge in [-0.3, -0.25) is 4.79 Å². The van der Waals surface area contributed by atoms with Crippen LogP contribution >= 0.6 is 0 Å². The maximum Gasteiger partial charge on any atom is 0.237 e. The van der Waals surface area contributed by atoms with Crippen molar-refractivity contribution in [2.24, 2.45) is 11.7 Å². The molecule has 1 aromatic heterocycles. The lowest BCUT2D eigenvalue weighted by Gasteiger charge is -2.18. The van der Waals surface area contributed by atoms with Gasteiger partial charge in [0.1, 0.15) is 11.5 Å². The Kier molecular flexibility index (Phi) is 4.96. The summed E-state index contributed by atoms with van der Waals surface area (Å²) in [6.45, 7) is 9.85. The molecule has 0 saturated carbocycles. The van der Waals surface area contributed by atoms with Gasteiger partial charge in [-0.1, -0.05) is 13.8 Å². The Morgan fingerprint density at radius 1 is 1.39 bits per heavy atom. The first kappa shape index (κ1) is 14.8. The van der Waals surface area contributed by atoms with Crippen molar-refractivity contribution in [1.82, 2.24) is 5.32 Å². The third-order valence-electron chi connectivity index (χ3n) is 2.97. The monoisotopic (exact) mass is 252 g/mol. The van der Waals surface area contributed by atoms with E-state index in [1.807, 2.05) is 26.8 Å². The maximum absolute atomic E-state index is 11.9. The number of nitrogens with one attached hydrogen (secondary N) is 1. The van der Waals surface area contributed by atoms with Crippen molar-refractivity contribution in [2.75, 3.05) is 0 Å². The number of hydrogen-bond acceptors (Lipinski definition) is 3. The van der Waals surface area contributed by atoms with Gasteiger partial charge in [0.05, 0.1) is 12.1 Å². The van der Waals surface area contributed by atoms with Gasteiger partial charge in [0.2, 0.25) is 5.91 Å². The van der Waals surface area contributed by atoms with Crippen LogP contribution in [0.5, 0.6) is 0 Å². The van der Waals surface area contributed by atoms with Crippen molar-refractivity contribution in [2.45, 2.75) is 53.1 Å². The smallest absolute Gasteiger partial charge is 0.237 e. The molecule has 0 spiro atoms. The number of aryl methyl sites for hydroxylation is 2. The third-order valence-corrected chi connectivity index (χ3v) is 2.97. The number of rotatable bonds is 5. The highest BCUT2D eigenvalue weighted by Gasteiger charge is 2.19. The van der Waals surface area contributed by atoms with Crippen molar-refractivity contribution < 1.29 is 9.21 Å². The molecule has 0 aromatic carbocycles. The van der Waals surface area contributed by atoms with E-state index in [1.54, 1.807) is 0 Å². The van der Waals surface area contributed by atoms with Gasteiger partial charge in [-0.2, -0.15) is 0 Å². The zero-order valence-corrected chi connectivity index (χ0v) is 11.9. The van der Waals surface area contributed by atoms with Gasteiger partial charge in [0, 0.05) is 5.56 Å². The highest BCUT2D eigenvalue weighted by atomic mass is 16.3. The fourth-order valence-electron chi connectivity index (χ4n) is 2.09. The highest BCUT2D eigenvalue weighted by molar-refractivity contribution is 5.81. The first-order valence-electron chi connectivity index (χ1n) is 6.44. The summed E-state index contributed by atoms with van der Waals surface area (Å²) in [5, 5.41) is 2.93. The molecule has 18 heavy (non-hydrogen) atoms. The molecule has 1 unspecified atom stereocenters. The van der Waals surface area contributed by atoms with Crippen molar-refractivity contribution in [3.63, 3.8) is 0 Å².